The van der Waals surface area contributed by atoms with E-state index in [9.17, 15) is 8.42 Å². The molecule has 0 unspecified atom stereocenters. The number of hydrogen-bond acceptors (Lipinski definition) is 3. The van der Waals surface area contributed by atoms with Gasteiger partial charge < -0.3 is 5.11 Å². The predicted octanol–water partition coefficient (Wildman–Crippen LogP) is 0.792. The van der Waals surface area contributed by atoms with Crippen molar-refractivity contribution in [2.45, 2.75) is 6.92 Å². The summed E-state index contributed by atoms with van der Waals surface area (Å²) in [6.45, 7) is 1.38. The van der Waals surface area contributed by atoms with E-state index in [0.717, 1.165) is 5.56 Å². The Morgan fingerprint density at radius 1 is 1.31 bits per heavy atom. The van der Waals surface area contributed by atoms with Crippen LogP contribution in [-0.4, -0.2) is 25.9 Å². The second-order valence-corrected chi connectivity index (χ2v) is 5.05. The maximum Gasteiger partial charge on any atom is 0.232 e. The Morgan fingerprint density at radius 2 is 1.94 bits per heavy atom. The van der Waals surface area contributed by atoms with Crippen LogP contribution in [0, 0.1) is 11.8 Å². The van der Waals surface area contributed by atoms with Gasteiger partial charge in [0, 0.05) is 11.3 Å². The van der Waals surface area contributed by atoms with Crippen molar-refractivity contribution in [2.24, 2.45) is 0 Å². The number of aliphatic hydroxyl groups is 1. The van der Waals surface area contributed by atoms with E-state index in [4.69, 9.17) is 5.11 Å². The lowest BCUT2D eigenvalue weighted by Gasteiger charge is -2.05. The molecule has 1 aromatic rings. The Kier molecular flexibility index (Phi) is 4.35. The van der Waals surface area contributed by atoms with E-state index in [-0.39, 0.29) is 12.4 Å². The molecule has 0 aliphatic carbocycles. The first-order valence-electron chi connectivity index (χ1n) is 4.77. The summed E-state index contributed by atoms with van der Waals surface area (Å²) in [6, 6.07) is 6.65. The molecule has 0 saturated heterocycles. The van der Waals surface area contributed by atoms with E-state index in [1.54, 1.807) is 31.2 Å². The average Bonchev–Trinajstić information content (AvgIpc) is 2.28. The maximum atomic E-state index is 11.3. The molecule has 0 fully saturated rings. The van der Waals surface area contributed by atoms with E-state index < -0.39 is 10.0 Å². The first kappa shape index (κ1) is 12.6. The maximum absolute atomic E-state index is 11.3. The van der Waals surface area contributed by atoms with Gasteiger partial charge in [-0.3, -0.25) is 4.72 Å². The highest BCUT2D eigenvalue weighted by Gasteiger charge is 2.05. The largest absolute Gasteiger partial charge is 0.384 e. The minimum absolute atomic E-state index is 0.0407. The second kappa shape index (κ2) is 5.54. The van der Waals surface area contributed by atoms with Crippen LogP contribution in [0.25, 0.3) is 0 Å². The third-order valence-electron chi connectivity index (χ3n) is 1.85. The fraction of sp³-hybridized carbons (Fsp3) is 0.273. The molecule has 1 rings (SSSR count). The van der Waals surface area contributed by atoms with Crippen LogP contribution in [0.1, 0.15) is 12.5 Å². The lowest BCUT2D eigenvalue weighted by Crippen LogP contribution is -2.14. The molecular weight excluding hydrogens is 226 g/mol. The summed E-state index contributed by atoms with van der Waals surface area (Å²) in [7, 11) is -3.23. The minimum Gasteiger partial charge on any atom is -0.384 e. The van der Waals surface area contributed by atoms with Crippen LogP contribution in [0.3, 0.4) is 0 Å². The molecule has 0 heterocycles. The molecule has 0 saturated carbocycles. The van der Waals surface area contributed by atoms with Crippen molar-refractivity contribution < 1.29 is 13.5 Å². The van der Waals surface area contributed by atoms with Crippen LogP contribution < -0.4 is 4.72 Å². The number of nitrogens with one attached hydrogen (secondary N) is 1. The first-order chi connectivity index (χ1) is 7.57. The van der Waals surface area contributed by atoms with E-state index in [2.05, 4.69) is 16.6 Å². The highest BCUT2D eigenvalue weighted by atomic mass is 32.2. The van der Waals surface area contributed by atoms with Crippen molar-refractivity contribution in [1.82, 2.24) is 0 Å². The topological polar surface area (TPSA) is 66.4 Å². The summed E-state index contributed by atoms with van der Waals surface area (Å²) < 4.78 is 24.9. The van der Waals surface area contributed by atoms with Crippen molar-refractivity contribution >= 4 is 15.7 Å². The monoisotopic (exact) mass is 239 g/mol. The standard InChI is InChI=1S/C11H13NO3S/c1-2-16(14,15)12-11-7-5-10(6-8-11)4-3-9-13/h5-8,12-13H,2,9H2,1H3. The van der Waals surface area contributed by atoms with Gasteiger partial charge >= 0.3 is 0 Å². The summed E-state index contributed by atoms with van der Waals surface area (Å²) in [5, 5.41) is 8.50. The predicted molar refractivity (Wildman–Crippen MR) is 63.5 cm³/mol. The van der Waals surface area contributed by atoms with Crippen molar-refractivity contribution in [3.63, 3.8) is 0 Å². The molecule has 0 amide bonds. The Morgan fingerprint density at radius 3 is 2.44 bits per heavy atom. The van der Waals surface area contributed by atoms with Gasteiger partial charge in [-0.1, -0.05) is 11.8 Å². The molecule has 0 spiro atoms. The molecule has 0 bridgehead atoms. The molecule has 0 aliphatic rings. The van der Waals surface area contributed by atoms with Crippen molar-refractivity contribution in [1.29, 1.82) is 0 Å². The van der Waals surface area contributed by atoms with Gasteiger partial charge in [-0.2, -0.15) is 0 Å². The third-order valence-corrected chi connectivity index (χ3v) is 3.16. The van der Waals surface area contributed by atoms with E-state index in [0.29, 0.717) is 5.69 Å². The number of sulfonamides is 1. The zero-order chi connectivity index (χ0) is 12.0. The van der Waals surface area contributed by atoms with Gasteiger partial charge in [-0.05, 0) is 31.2 Å². The molecule has 16 heavy (non-hydrogen) atoms. The number of anilines is 1. The van der Waals surface area contributed by atoms with Crippen LogP contribution in [0.15, 0.2) is 24.3 Å². The van der Waals surface area contributed by atoms with Crippen LogP contribution in [0.4, 0.5) is 5.69 Å². The molecule has 0 aliphatic heterocycles. The van der Waals surface area contributed by atoms with Gasteiger partial charge in [0.15, 0.2) is 0 Å². The molecule has 5 heteroatoms. The van der Waals surface area contributed by atoms with Gasteiger partial charge in [-0.25, -0.2) is 8.42 Å². The summed E-state index contributed by atoms with van der Waals surface area (Å²) in [5.41, 5.74) is 1.24. The average molecular weight is 239 g/mol. The smallest absolute Gasteiger partial charge is 0.232 e. The highest BCUT2D eigenvalue weighted by molar-refractivity contribution is 7.92. The lowest BCUT2D eigenvalue weighted by atomic mass is 10.2. The highest BCUT2D eigenvalue weighted by Crippen LogP contribution is 2.10. The second-order valence-electron chi connectivity index (χ2n) is 3.04. The SMILES string of the molecule is CCS(=O)(=O)Nc1ccc(C#CCO)cc1. The van der Waals surface area contributed by atoms with Crippen molar-refractivity contribution in [3.8, 4) is 11.8 Å². The first-order valence-corrected chi connectivity index (χ1v) is 6.43. The summed E-state index contributed by atoms with van der Waals surface area (Å²) >= 11 is 0. The number of aliphatic hydroxyl groups excluding tert-OH is 1. The lowest BCUT2D eigenvalue weighted by molar-refractivity contribution is 0.350. The molecule has 2 N–H and O–H groups in total. The van der Waals surface area contributed by atoms with Crippen LogP contribution in [0.5, 0.6) is 0 Å². The van der Waals surface area contributed by atoms with E-state index in [1.807, 2.05) is 0 Å². The fourth-order valence-corrected chi connectivity index (χ4v) is 1.65. The van der Waals surface area contributed by atoms with Gasteiger partial charge in [0.2, 0.25) is 10.0 Å². The zero-order valence-corrected chi connectivity index (χ0v) is 9.71. The molecule has 1 aromatic carbocycles. The van der Waals surface area contributed by atoms with Gasteiger partial charge in [-0.15, -0.1) is 0 Å². The fourth-order valence-electron chi connectivity index (χ4n) is 1.01. The molecule has 0 radical (unpaired) electrons. The van der Waals surface area contributed by atoms with Gasteiger partial charge in [0.1, 0.15) is 6.61 Å². The van der Waals surface area contributed by atoms with E-state index in [1.165, 1.54) is 0 Å². The minimum atomic E-state index is -3.23. The summed E-state index contributed by atoms with van der Waals surface area (Å²) in [5.74, 6) is 5.27. The normalized spacial score (nSPS) is 10.4. The van der Waals surface area contributed by atoms with Crippen molar-refractivity contribution in [3.05, 3.63) is 29.8 Å². The number of hydrogen-bond donors (Lipinski definition) is 2. The van der Waals surface area contributed by atoms with Crippen LogP contribution >= 0.6 is 0 Å². The third kappa shape index (κ3) is 3.93. The number of benzene rings is 1. The quantitative estimate of drug-likeness (QED) is 0.766. The van der Waals surface area contributed by atoms with Gasteiger partial charge in [0.05, 0.1) is 5.75 Å². The summed E-state index contributed by atoms with van der Waals surface area (Å²) in [6.07, 6.45) is 0. The molecule has 4 nitrogen and oxygen atoms in total. The summed E-state index contributed by atoms with van der Waals surface area (Å²) in [4.78, 5) is 0. The van der Waals surface area contributed by atoms with Gasteiger partial charge in [0.25, 0.3) is 0 Å². The van der Waals surface area contributed by atoms with E-state index >= 15 is 0 Å². The Labute approximate surface area is 95.4 Å². The molecule has 0 aromatic heterocycles. The van der Waals surface area contributed by atoms with Crippen LogP contribution in [0.2, 0.25) is 0 Å². The van der Waals surface area contributed by atoms with Crippen molar-refractivity contribution in [2.75, 3.05) is 17.1 Å². The van der Waals surface area contributed by atoms with Crippen LogP contribution in [-0.2, 0) is 10.0 Å². The zero-order valence-electron chi connectivity index (χ0n) is 8.90. The molecule has 0 atom stereocenters. The Bertz CT molecular complexity index is 494. The Hall–Kier alpha value is -1.51. The molecular formula is C11H13NO3S. The molecule has 86 valence electrons. The number of rotatable bonds is 3. The Balaban J connectivity index is 2.80.